The van der Waals surface area contributed by atoms with Crippen molar-refractivity contribution in [1.29, 1.82) is 0 Å². The monoisotopic (exact) mass is 1420 g/mol. The maximum absolute atomic E-state index is 15.3. The highest BCUT2D eigenvalue weighted by molar-refractivity contribution is 5.97. The second kappa shape index (κ2) is 34.0. The Morgan fingerprint density at radius 2 is 1.01 bits per heavy atom. The number of carbonyl (C=O) groups excluding carboxylic acids is 11. The molecule has 0 saturated carbocycles. The summed E-state index contributed by atoms with van der Waals surface area (Å²) in [5, 5.41) is 20.7. The first-order chi connectivity index (χ1) is 48.9. The number of rotatable bonds is 25. The zero-order valence-corrected chi connectivity index (χ0v) is 61.3. The van der Waals surface area contributed by atoms with Crippen molar-refractivity contribution in [3.05, 3.63) is 143 Å². The van der Waals surface area contributed by atoms with Crippen molar-refractivity contribution in [2.24, 2.45) is 0 Å². The Hall–Kier alpha value is -9.81. The molecule has 554 valence electrons. The predicted octanol–water partition coefficient (Wildman–Crippen LogP) is 8.09. The molecule has 2 saturated heterocycles. The molecule has 25 heteroatoms. The zero-order chi connectivity index (χ0) is 74.6. The van der Waals surface area contributed by atoms with E-state index in [-0.39, 0.29) is 94.8 Å². The number of likely N-dealkylation sites (tertiary alicyclic amines) is 2. The summed E-state index contributed by atoms with van der Waals surface area (Å²) in [5.41, 5.74) is 6.91. The van der Waals surface area contributed by atoms with E-state index in [9.17, 15) is 47.9 Å². The molecule has 9 rings (SSSR count). The minimum atomic E-state index is -1.31. The summed E-state index contributed by atoms with van der Waals surface area (Å²) in [4.78, 5) is 160. The second-order valence-electron chi connectivity index (χ2n) is 29.9. The molecule has 3 aliphatic carbocycles. The Balaban J connectivity index is 0.843. The molecular weight excluding hydrogens is 1310 g/mol. The van der Waals surface area contributed by atoms with Crippen molar-refractivity contribution < 1.29 is 67.0 Å². The number of hydrogen-bond acceptors (Lipinski definition) is 14. The van der Waals surface area contributed by atoms with Crippen LogP contribution in [0.15, 0.2) is 109 Å². The first kappa shape index (κ1) is 77.4. The smallest absolute Gasteiger partial charge is 0.410 e. The van der Waals surface area contributed by atoms with Gasteiger partial charge in [0.25, 0.3) is 0 Å². The first-order valence-corrected chi connectivity index (χ1v) is 36.1. The number of nitrogens with zero attached hydrogens (tertiary/aromatic N) is 4. The number of likely N-dealkylation sites (N-methyl/N-ethyl adjacent to an activating group) is 2. The van der Waals surface area contributed by atoms with Gasteiger partial charge in [-0.25, -0.2) is 14.4 Å². The molecule has 103 heavy (non-hydrogen) atoms. The number of hydrogen-bond donors (Lipinski definition) is 7. The number of carbonyl (C=O) groups is 11. The van der Waals surface area contributed by atoms with E-state index in [1.807, 2.05) is 97.1 Å². The standard InChI is InChI=1S/C78H103N11O14/c1-46(2)67(85-69(93)48(4)87(12)76(100)103-78(8,9)10)73(97)89-43-51(41-64(89)71(95)83-61-36-22-28-50-26-14-16-30-54(50)61)80-66(91)39-23-38-65(90)79-40-24-37-62(84-68(92)47(3)86(11)75(99)102-77(5,6)7)72(96)88-44-52(42-63(88)70(94)82-60-35-21-27-49-25-13-15-29-53(49)60)81-74(98)101-45-59-57-33-19-17-31-55(57)56-32-18-20-34-58(56)59/h13-20,25-26,29-34,47-48,51-52,59-64,67H,1,21-24,27-28,35-45H2,2-12H3,(H,79,90)(H,80,91)(H,81,98)(H,82,94)(H,83,95)(H,84,92)(H,85,93)/t47-,48-,51-,52-,60+,61+,62-,63-,64-,67-/m0/s1. The van der Waals surface area contributed by atoms with Crippen LogP contribution in [0.2, 0.25) is 0 Å². The fraction of sp³-hybridized carbons (Fsp3) is 0.526. The maximum Gasteiger partial charge on any atom is 0.410 e. The normalized spacial score (nSPS) is 20.1. The minimum Gasteiger partial charge on any atom is -0.449 e. The number of fused-ring (bicyclic) bond motifs is 5. The van der Waals surface area contributed by atoms with Gasteiger partial charge in [-0.05, 0) is 183 Å². The zero-order valence-electron chi connectivity index (χ0n) is 61.3. The molecule has 2 heterocycles. The van der Waals surface area contributed by atoms with Crippen molar-refractivity contribution in [3.8, 4) is 11.1 Å². The van der Waals surface area contributed by atoms with Crippen LogP contribution in [0.25, 0.3) is 11.1 Å². The highest BCUT2D eigenvalue weighted by Gasteiger charge is 2.46. The molecule has 2 aliphatic heterocycles. The van der Waals surface area contributed by atoms with E-state index in [2.05, 4.69) is 43.8 Å². The molecule has 10 atom stereocenters. The summed E-state index contributed by atoms with van der Waals surface area (Å²) in [5.74, 6) is -4.59. The topological polar surface area (TPSA) is 313 Å². The van der Waals surface area contributed by atoms with E-state index in [1.54, 1.807) is 48.5 Å². The molecule has 7 N–H and O–H groups in total. The van der Waals surface area contributed by atoms with Crippen LogP contribution >= 0.6 is 0 Å². The molecule has 0 unspecified atom stereocenters. The van der Waals surface area contributed by atoms with E-state index < -0.39 is 125 Å². The van der Waals surface area contributed by atoms with Gasteiger partial charge in [0.05, 0.1) is 18.1 Å². The van der Waals surface area contributed by atoms with Crippen LogP contribution in [0.3, 0.4) is 0 Å². The molecule has 4 aromatic carbocycles. The van der Waals surface area contributed by atoms with Crippen LogP contribution in [0, 0.1) is 0 Å². The number of amides is 11. The van der Waals surface area contributed by atoms with E-state index in [0.717, 1.165) is 80.0 Å². The lowest BCUT2D eigenvalue weighted by Crippen LogP contribution is -2.57. The summed E-state index contributed by atoms with van der Waals surface area (Å²) < 4.78 is 17.0. The quantitative estimate of drug-likeness (QED) is 0.0187. The van der Waals surface area contributed by atoms with Gasteiger partial charge >= 0.3 is 18.3 Å². The van der Waals surface area contributed by atoms with Crippen molar-refractivity contribution >= 4 is 65.5 Å². The molecule has 2 fully saturated rings. The number of nitrogens with one attached hydrogen (secondary N) is 7. The number of ether oxygens (including phenoxy) is 3. The first-order valence-electron chi connectivity index (χ1n) is 36.1. The second-order valence-corrected chi connectivity index (χ2v) is 29.9. The van der Waals surface area contributed by atoms with Gasteiger partial charge in [-0.3, -0.25) is 48.2 Å². The Kier molecular flexibility index (Phi) is 25.5. The van der Waals surface area contributed by atoms with E-state index in [0.29, 0.717) is 12.8 Å². The molecule has 0 radical (unpaired) electrons. The fourth-order valence-electron chi connectivity index (χ4n) is 14.3. The van der Waals surface area contributed by atoms with Crippen LogP contribution in [0.4, 0.5) is 14.4 Å². The Labute approximate surface area is 604 Å². The van der Waals surface area contributed by atoms with Crippen molar-refractivity contribution in [1.82, 2.24) is 56.8 Å². The van der Waals surface area contributed by atoms with Gasteiger partial charge < -0.3 is 61.2 Å². The van der Waals surface area contributed by atoms with Gasteiger partial charge in [-0.15, -0.1) is 0 Å². The third-order valence-electron chi connectivity index (χ3n) is 19.9. The van der Waals surface area contributed by atoms with Crippen molar-refractivity contribution in [2.45, 2.75) is 223 Å². The average Bonchev–Trinajstić information content (AvgIpc) is 1.57. The lowest BCUT2D eigenvalue weighted by Gasteiger charge is -2.32. The molecule has 0 bridgehead atoms. The lowest BCUT2D eigenvalue weighted by atomic mass is 9.87. The van der Waals surface area contributed by atoms with Gasteiger partial charge in [0.1, 0.15) is 54.1 Å². The Morgan fingerprint density at radius 1 is 0.563 bits per heavy atom. The van der Waals surface area contributed by atoms with Crippen LogP contribution in [0.5, 0.6) is 0 Å². The van der Waals surface area contributed by atoms with E-state index in [4.69, 9.17) is 14.2 Å². The van der Waals surface area contributed by atoms with Crippen LogP contribution < -0.4 is 37.2 Å². The highest BCUT2D eigenvalue weighted by atomic mass is 16.6. The lowest BCUT2D eigenvalue weighted by molar-refractivity contribution is -0.142. The molecule has 25 nitrogen and oxygen atoms in total. The highest BCUT2D eigenvalue weighted by Crippen LogP contribution is 2.45. The summed E-state index contributed by atoms with van der Waals surface area (Å²) >= 11 is 0. The van der Waals surface area contributed by atoms with Gasteiger partial charge in [0.15, 0.2) is 0 Å². The third-order valence-corrected chi connectivity index (χ3v) is 19.9. The SMILES string of the molecule is C=C(C)[C@H](NC(=O)[C@H](C)N(C)C(=O)OC(C)(C)C)C(=O)N1C[C@@H](NC(=O)CCCC(=O)NCCC[C@H](NC(=O)[C@H](C)N(C)C(=O)OC(C)(C)C)C(=O)N2C[C@@H](NC(=O)OCC3c4ccccc4-c4ccccc43)C[C@H]2C(=O)N[C@@H]2CCCc3ccccc32)C[C@H]1C(=O)N[C@@H]1CCCc2ccccc21. The van der Waals surface area contributed by atoms with E-state index in [1.165, 1.54) is 37.7 Å². The van der Waals surface area contributed by atoms with Gasteiger partial charge in [0.2, 0.25) is 47.3 Å². The molecule has 0 spiro atoms. The third kappa shape index (κ3) is 19.9. The molecule has 11 amide bonds. The molecular formula is C78H103N11O14. The Bertz CT molecular complexity index is 3780. The molecule has 0 aromatic heterocycles. The maximum atomic E-state index is 15.3. The van der Waals surface area contributed by atoms with Crippen molar-refractivity contribution in [3.63, 3.8) is 0 Å². The summed E-state index contributed by atoms with van der Waals surface area (Å²) in [7, 11) is 2.81. The summed E-state index contributed by atoms with van der Waals surface area (Å²) in [6.45, 7) is 18.6. The minimum absolute atomic E-state index is 0.0187. The van der Waals surface area contributed by atoms with Gasteiger partial charge in [-0.1, -0.05) is 104 Å². The van der Waals surface area contributed by atoms with Gasteiger partial charge in [-0.2, -0.15) is 0 Å². The summed E-state index contributed by atoms with van der Waals surface area (Å²) in [6.07, 6.45) is 2.51. The van der Waals surface area contributed by atoms with Crippen molar-refractivity contribution in [2.75, 3.05) is 40.3 Å². The predicted molar refractivity (Wildman–Crippen MR) is 386 cm³/mol. The number of aryl methyl sites for hydroxylation is 2. The van der Waals surface area contributed by atoms with Crippen LogP contribution in [0.1, 0.15) is 184 Å². The number of benzene rings is 4. The average molecular weight is 1420 g/mol. The van der Waals surface area contributed by atoms with E-state index >= 15 is 4.79 Å². The Morgan fingerprint density at radius 3 is 1.50 bits per heavy atom. The largest absolute Gasteiger partial charge is 0.449 e. The van der Waals surface area contributed by atoms with Crippen LogP contribution in [-0.2, 0) is 65.4 Å². The fourth-order valence-corrected chi connectivity index (χ4v) is 14.3. The van der Waals surface area contributed by atoms with Crippen LogP contribution in [-0.4, -0.2) is 185 Å². The molecule has 5 aliphatic rings. The summed E-state index contributed by atoms with van der Waals surface area (Å²) in [6, 6.07) is 22.5. The number of alkyl carbamates (subject to hydrolysis) is 1. The molecule has 4 aromatic rings. The van der Waals surface area contributed by atoms with Gasteiger partial charge in [0, 0.05) is 58.5 Å².